The number of alkyl halides is 3. The third-order valence-corrected chi connectivity index (χ3v) is 2.38. The Labute approximate surface area is 101 Å². The van der Waals surface area contributed by atoms with Crippen molar-refractivity contribution in [2.45, 2.75) is 6.36 Å². The number of hydrogen-bond donors (Lipinski definition) is 2. The topological polar surface area (TPSA) is 49.7 Å². The minimum atomic E-state index is -4.88. The van der Waals surface area contributed by atoms with E-state index < -0.39 is 19.2 Å². The molecule has 2 rings (SSSR count). The zero-order chi connectivity index (χ0) is 13.3. The fourth-order valence-electron chi connectivity index (χ4n) is 1.65. The van der Waals surface area contributed by atoms with Gasteiger partial charge in [0, 0.05) is 5.46 Å². The first-order chi connectivity index (χ1) is 8.37. The molecule has 18 heavy (non-hydrogen) atoms. The Bertz CT molecular complexity index is 569. The summed E-state index contributed by atoms with van der Waals surface area (Å²) in [6.45, 7) is 0. The molecule has 0 bridgehead atoms. The van der Waals surface area contributed by atoms with E-state index in [4.69, 9.17) is 10.0 Å². The smallest absolute Gasteiger partial charge is 0.423 e. The van der Waals surface area contributed by atoms with E-state index in [0.717, 1.165) is 6.07 Å². The van der Waals surface area contributed by atoms with Crippen LogP contribution in [0.15, 0.2) is 36.4 Å². The van der Waals surface area contributed by atoms with Crippen molar-refractivity contribution in [1.29, 1.82) is 0 Å². The molecule has 3 nitrogen and oxygen atoms in total. The lowest BCUT2D eigenvalue weighted by atomic mass is 9.78. The van der Waals surface area contributed by atoms with Gasteiger partial charge in [-0.15, -0.1) is 13.2 Å². The highest BCUT2D eigenvalue weighted by Crippen LogP contribution is 2.25. The van der Waals surface area contributed by atoms with E-state index in [1.807, 2.05) is 0 Å². The molecule has 0 saturated carbocycles. The molecule has 0 saturated heterocycles. The van der Waals surface area contributed by atoms with Gasteiger partial charge in [-0.2, -0.15) is 0 Å². The maximum absolute atomic E-state index is 12.2. The second kappa shape index (κ2) is 4.51. The van der Waals surface area contributed by atoms with Gasteiger partial charge in [0.15, 0.2) is 0 Å². The van der Waals surface area contributed by atoms with E-state index in [9.17, 15) is 13.2 Å². The van der Waals surface area contributed by atoms with Gasteiger partial charge >= 0.3 is 13.5 Å². The van der Waals surface area contributed by atoms with Crippen LogP contribution in [0.2, 0.25) is 0 Å². The van der Waals surface area contributed by atoms with Gasteiger partial charge in [0.1, 0.15) is 5.75 Å². The van der Waals surface area contributed by atoms with Crippen molar-refractivity contribution in [2.24, 2.45) is 0 Å². The average molecular weight is 256 g/mol. The predicted molar refractivity (Wildman–Crippen MR) is 60.5 cm³/mol. The van der Waals surface area contributed by atoms with Crippen LogP contribution >= 0.6 is 0 Å². The SMILES string of the molecule is OB(O)c1cc2ccccc2cc1OC(F)(F)F. The first kappa shape index (κ1) is 12.7. The number of ether oxygens (including phenoxy) is 1. The van der Waals surface area contributed by atoms with E-state index in [-0.39, 0.29) is 5.46 Å². The van der Waals surface area contributed by atoms with Crippen LogP contribution in [0.1, 0.15) is 0 Å². The highest BCUT2D eigenvalue weighted by atomic mass is 19.4. The molecule has 0 fully saturated rings. The van der Waals surface area contributed by atoms with E-state index in [1.165, 1.54) is 6.07 Å². The van der Waals surface area contributed by atoms with Gasteiger partial charge in [-0.05, 0) is 16.8 Å². The van der Waals surface area contributed by atoms with Gasteiger partial charge in [-0.1, -0.05) is 30.3 Å². The Morgan fingerprint density at radius 2 is 1.56 bits per heavy atom. The van der Waals surface area contributed by atoms with Crippen LogP contribution in [0.25, 0.3) is 10.8 Å². The quantitative estimate of drug-likeness (QED) is 0.799. The minimum Gasteiger partial charge on any atom is -0.423 e. The fourth-order valence-corrected chi connectivity index (χ4v) is 1.65. The van der Waals surface area contributed by atoms with Crippen molar-refractivity contribution in [2.75, 3.05) is 0 Å². The number of fused-ring (bicyclic) bond motifs is 1. The number of rotatable bonds is 2. The summed E-state index contributed by atoms with van der Waals surface area (Å²) >= 11 is 0. The van der Waals surface area contributed by atoms with Crippen molar-refractivity contribution >= 4 is 23.4 Å². The Hall–Kier alpha value is -1.73. The van der Waals surface area contributed by atoms with Crippen molar-refractivity contribution < 1.29 is 28.0 Å². The lowest BCUT2D eigenvalue weighted by Crippen LogP contribution is -2.33. The van der Waals surface area contributed by atoms with Gasteiger partial charge in [0.25, 0.3) is 0 Å². The van der Waals surface area contributed by atoms with E-state index in [1.54, 1.807) is 24.3 Å². The molecule has 7 heteroatoms. The summed E-state index contributed by atoms with van der Waals surface area (Å²) in [5, 5.41) is 19.2. The maximum Gasteiger partial charge on any atom is 0.573 e. The second-order valence-corrected chi connectivity index (χ2v) is 3.66. The molecule has 0 heterocycles. The van der Waals surface area contributed by atoms with Gasteiger partial charge in [-0.3, -0.25) is 0 Å². The summed E-state index contributed by atoms with van der Waals surface area (Å²) in [7, 11) is -2.04. The molecule has 2 aromatic carbocycles. The molecule has 2 N–H and O–H groups in total. The van der Waals surface area contributed by atoms with Crippen LogP contribution in [0, 0.1) is 0 Å². The van der Waals surface area contributed by atoms with Crippen LogP contribution < -0.4 is 10.2 Å². The van der Waals surface area contributed by atoms with Crippen molar-refractivity contribution in [1.82, 2.24) is 0 Å². The molecule has 0 aliphatic heterocycles. The minimum absolute atomic E-state index is 0.328. The summed E-state index contributed by atoms with van der Waals surface area (Å²) in [4.78, 5) is 0. The molecule has 0 aliphatic rings. The zero-order valence-electron chi connectivity index (χ0n) is 8.98. The first-order valence-electron chi connectivity index (χ1n) is 5.01. The Morgan fingerprint density at radius 3 is 2.06 bits per heavy atom. The molecule has 0 atom stereocenters. The normalized spacial score (nSPS) is 11.6. The Morgan fingerprint density at radius 1 is 1.00 bits per heavy atom. The number of halogens is 3. The number of benzene rings is 2. The molecular weight excluding hydrogens is 248 g/mol. The van der Waals surface area contributed by atoms with Crippen molar-refractivity contribution in [3.8, 4) is 5.75 Å². The standard InChI is InChI=1S/C11H8BF3O3/c13-11(14,15)18-10-6-8-4-2-1-3-7(8)5-9(10)12(16)17/h1-6,16-17H. The number of hydrogen-bond acceptors (Lipinski definition) is 3. The molecule has 0 aromatic heterocycles. The highest BCUT2D eigenvalue weighted by Gasteiger charge is 2.33. The van der Waals surface area contributed by atoms with Gasteiger partial charge in [-0.25, -0.2) is 0 Å². The third-order valence-electron chi connectivity index (χ3n) is 2.38. The molecular formula is C11H8BF3O3. The van der Waals surface area contributed by atoms with Crippen LogP contribution in [0.3, 0.4) is 0 Å². The summed E-state index contributed by atoms with van der Waals surface area (Å²) in [6.07, 6.45) is -4.88. The Balaban J connectivity index is 2.58. The predicted octanol–water partition coefficient (Wildman–Crippen LogP) is 1.42. The molecule has 0 aliphatic carbocycles. The molecule has 0 spiro atoms. The molecule has 0 unspecified atom stereocenters. The largest absolute Gasteiger partial charge is 0.573 e. The van der Waals surface area contributed by atoms with Gasteiger partial charge < -0.3 is 14.8 Å². The van der Waals surface area contributed by atoms with Crippen molar-refractivity contribution in [3.05, 3.63) is 36.4 Å². The molecule has 0 radical (unpaired) electrons. The molecule has 2 aromatic rings. The van der Waals surface area contributed by atoms with Gasteiger partial charge in [0.2, 0.25) is 0 Å². The van der Waals surface area contributed by atoms with Gasteiger partial charge in [0.05, 0.1) is 0 Å². The van der Waals surface area contributed by atoms with Crippen LogP contribution in [-0.2, 0) is 0 Å². The lowest BCUT2D eigenvalue weighted by molar-refractivity contribution is -0.274. The lowest BCUT2D eigenvalue weighted by Gasteiger charge is -2.14. The Kier molecular flexibility index (Phi) is 3.19. The molecule has 94 valence electrons. The second-order valence-electron chi connectivity index (χ2n) is 3.66. The van der Waals surface area contributed by atoms with E-state index in [2.05, 4.69) is 4.74 Å². The fraction of sp³-hybridized carbons (Fsp3) is 0.0909. The molecule has 0 amide bonds. The summed E-state index contributed by atoms with van der Waals surface area (Å²) in [6, 6.07) is 8.98. The first-order valence-corrected chi connectivity index (χ1v) is 5.01. The zero-order valence-corrected chi connectivity index (χ0v) is 8.98. The van der Waals surface area contributed by atoms with Crippen molar-refractivity contribution in [3.63, 3.8) is 0 Å². The third kappa shape index (κ3) is 2.74. The van der Waals surface area contributed by atoms with E-state index in [0.29, 0.717) is 10.8 Å². The van der Waals surface area contributed by atoms with Crippen LogP contribution in [-0.4, -0.2) is 23.5 Å². The monoisotopic (exact) mass is 256 g/mol. The van der Waals surface area contributed by atoms with Crippen LogP contribution in [0.4, 0.5) is 13.2 Å². The summed E-state index contributed by atoms with van der Waals surface area (Å²) in [5.74, 6) is -0.615. The maximum atomic E-state index is 12.2. The average Bonchev–Trinajstić information content (AvgIpc) is 2.25. The summed E-state index contributed by atoms with van der Waals surface area (Å²) in [5.41, 5.74) is -0.328. The summed E-state index contributed by atoms with van der Waals surface area (Å²) < 4.78 is 40.4. The van der Waals surface area contributed by atoms with E-state index >= 15 is 0 Å². The van der Waals surface area contributed by atoms with Crippen LogP contribution in [0.5, 0.6) is 5.75 Å². The highest BCUT2D eigenvalue weighted by molar-refractivity contribution is 6.60.